The van der Waals surface area contributed by atoms with E-state index in [1.165, 1.54) is 116 Å². The van der Waals surface area contributed by atoms with Gasteiger partial charge in [-0.3, -0.25) is 14.4 Å². The van der Waals surface area contributed by atoms with Gasteiger partial charge in [-0.1, -0.05) is 241 Å². The second kappa shape index (κ2) is 56.2. The largest absolute Gasteiger partial charge is 0.462 e. The van der Waals surface area contributed by atoms with Gasteiger partial charge in [-0.2, -0.15) is 0 Å². The van der Waals surface area contributed by atoms with Gasteiger partial charge in [0.1, 0.15) is 13.2 Å². The van der Waals surface area contributed by atoms with Crippen LogP contribution in [0.25, 0.3) is 0 Å². The summed E-state index contributed by atoms with van der Waals surface area (Å²) in [6, 6.07) is 0. The van der Waals surface area contributed by atoms with Crippen LogP contribution in [0, 0.1) is 0 Å². The zero-order chi connectivity index (χ0) is 49.3. The number of esters is 3. The first-order chi connectivity index (χ1) is 33.5. The van der Waals surface area contributed by atoms with E-state index in [-0.39, 0.29) is 31.1 Å². The molecule has 68 heavy (non-hydrogen) atoms. The fourth-order valence-corrected chi connectivity index (χ4v) is 7.85. The second-order valence-corrected chi connectivity index (χ2v) is 18.8. The maximum absolute atomic E-state index is 12.8. The van der Waals surface area contributed by atoms with Crippen molar-refractivity contribution in [2.75, 3.05) is 13.2 Å². The number of hydrogen-bond acceptors (Lipinski definition) is 6. The van der Waals surface area contributed by atoms with Crippen LogP contribution < -0.4 is 0 Å². The smallest absolute Gasteiger partial charge is 0.306 e. The third kappa shape index (κ3) is 53.5. The summed E-state index contributed by atoms with van der Waals surface area (Å²) in [7, 11) is 0. The molecule has 0 aliphatic carbocycles. The van der Waals surface area contributed by atoms with Crippen molar-refractivity contribution in [1.29, 1.82) is 0 Å². The van der Waals surface area contributed by atoms with Gasteiger partial charge in [0, 0.05) is 19.3 Å². The Bertz CT molecular complexity index is 1320. The van der Waals surface area contributed by atoms with Crippen molar-refractivity contribution in [1.82, 2.24) is 0 Å². The van der Waals surface area contributed by atoms with Crippen molar-refractivity contribution in [3.8, 4) is 0 Å². The van der Waals surface area contributed by atoms with E-state index in [9.17, 15) is 14.4 Å². The van der Waals surface area contributed by atoms with E-state index < -0.39 is 6.10 Å². The molecule has 0 heterocycles. The van der Waals surface area contributed by atoms with E-state index in [2.05, 4.69) is 106 Å². The van der Waals surface area contributed by atoms with Crippen LogP contribution in [0.4, 0.5) is 0 Å². The quantitative estimate of drug-likeness (QED) is 0.0262. The second-order valence-electron chi connectivity index (χ2n) is 18.8. The van der Waals surface area contributed by atoms with Crippen LogP contribution in [-0.2, 0) is 28.6 Å². The summed E-state index contributed by atoms with van der Waals surface area (Å²) in [6.07, 6.45) is 73.2. The minimum absolute atomic E-state index is 0.0850. The zero-order valence-corrected chi connectivity index (χ0v) is 44.6. The van der Waals surface area contributed by atoms with Crippen LogP contribution in [0.5, 0.6) is 0 Å². The van der Waals surface area contributed by atoms with E-state index in [4.69, 9.17) is 14.2 Å². The molecule has 0 aromatic heterocycles. The molecule has 0 fully saturated rings. The predicted octanol–water partition coefficient (Wildman–Crippen LogP) is 19.2. The van der Waals surface area contributed by atoms with E-state index in [0.717, 1.165) is 116 Å². The first kappa shape index (κ1) is 64.6. The molecule has 0 amide bonds. The Balaban J connectivity index is 4.19. The topological polar surface area (TPSA) is 78.9 Å². The molecule has 0 radical (unpaired) electrons. The van der Waals surface area contributed by atoms with Crippen LogP contribution in [0.2, 0.25) is 0 Å². The molecule has 6 heteroatoms. The predicted molar refractivity (Wildman–Crippen MR) is 293 cm³/mol. The molecule has 0 aromatic carbocycles. The Morgan fingerprint density at radius 1 is 0.309 bits per heavy atom. The Labute approximate surface area is 420 Å². The van der Waals surface area contributed by atoms with Gasteiger partial charge in [-0.05, 0) is 96.3 Å². The molecule has 0 aliphatic heterocycles. The molecule has 0 saturated heterocycles. The highest BCUT2D eigenvalue weighted by atomic mass is 16.6. The summed E-state index contributed by atoms with van der Waals surface area (Å²) in [5.74, 6) is -0.912. The average Bonchev–Trinajstić information content (AvgIpc) is 3.34. The fraction of sp³-hybridized carbons (Fsp3) is 0.726. The highest BCUT2D eigenvalue weighted by molar-refractivity contribution is 5.71. The van der Waals surface area contributed by atoms with E-state index >= 15 is 0 Å². The number of carbonyl (C=O) groups is 3. The van der Waals surface area contributed by atoms with Gasteiger partial charge in [-0.25, -0.2) is 0 Å². The molecule has 390 valence electrons. The lowest BCUT2D eigenvalue weighted by Gasteiger charge is -2.18. The van der Waals surface area contributed by atoms with E-state index in [0.29, 0.717) is 19.3 Å². The van der Waals surface area contributed by atoms with E-state index in [1.807, 2.05) is 0 Å². The van der Waals surface area contributed by atoms with Gasteiger partial charge < -0.3 is 14.2 Å². The number of allylic oxidation sites excluding steroid dienone is 14. The van der Waals surface area contributed by atoms with Crippen LogP contribution in [0.1, 0.15) is 271 Å². The first-order valence-corrected chi connectivity index (χ1v) is 28.6. The average molecular weight is 948 g/mol. The lowest BCUT2D eigenvalue weighted by Crippen LogP contribution is -2.30. The number of ether oxygens (including phenoxy) is 3. The molecule has 1 unspecified atom stereocenters. The van der Waals surface area contributed by atoms with Crippen molar-refractivity contribution in [3.05, 3.63) is 85.1 Å². The minimum atomic E-state index is -0.785. The molecule has 0 N–H and O–H groups in total. The summed E-state index contributed by atoms with van der Waals surface area (Å²) < 4.78 is 16.7. The monoisotopic (exact) mass is 947 g/mol. The molecule has 0 aliphatic rings. The lowest BCUT2D eigenvalue weighted by atomic mass is 10.0. The molecule has 0 bridgehead atoms. The van der Waals surface area contributed by atoms with Crippen molar-refractivity contribution < 1.29 is 28.6 Å². The number of carbonyl (C=O) groups excluding carboxylic acids is 3. The summed E-state index contributed by atoms with van der Waals surface area (Å²) >= 11 is 0. The molecule has 6 nitrogen and oxygen atoms in total. The van der Waals surface area contributed by atoms with Gasteiger partial charge in [0.25, 0.3) is 0 Å². The normalized spacial score (nSPS) is 12.7. The zero-order valence-electron chi connectivity index (χ0n) is 44.6. The van der Waals surface area contributed by atoms with Gasteiger partial charge in [0.15, 0.2) is 6.10 Å². The molecule has 1 atom stereocenters. The van der Waals surface area contributed by atoms with Crippen molar-refractivity contribution in [3.63, 3.8) is 0 Å². The maximum atomic E-state index is 12.8. The maximum Gasteiger partial charge on any atom is 0.306 e. The molecule has 0 aromatic rings. The Hall–Kier alpha value is -3.41. The Morgan fingerprint density at radius 3 is 0.897 bits per heavy atom. The Morgan fingerprint density at radius 2 is 0.574 bits per heavy atom. The number of hydrogen-bond donors (Lipinski definition) is 0. The van der Waals surface area contributed by atoms with Gasteiger partial charge in [-0.15, -0.1) is 0 Å². The van der Waals surface area contributed by atoms with Crippen molar-refractivity contribution >= 4 is 17.9 Å². The molecular formula is C62H106O6. The third-order valence-electron chi connectivity index (χ3n) is 12.1. The lowest BCUT2D eigenvalue weighted by molar-refractivity contribution is -0.167. The third-order valence-corrected chi connectivity index (χ3v) is 12.1. The molecular weight excluding hydrogens is 841 g/mol. The summed E-state index contributed by atoms with van der Waals surface area (Å²) in [5, 5.41) is 0. The van der Waals surface area contributed by atoms with Gasteiger partial charge in [0.05, 0.1) is 0 Å². The van der Waals surface area contributed by atoms with Gasteiger partial charge >= 0.3 is 17.9 Å². The van der Waals surface area contributed by atoms with Crippen molar-refractivity contribution in [2.24, 2.45) is 0 Å². The first-order valence-electron chi connectivity index (χ1n) is 28.6. The fourth-order valence-electron chi connectivity index (χ4n) is 7.85. The van der Waals surface area contributed by atoms with Crippen LogP contribution in [-0.4, -0.2) is 37.2 Å². The SMILES string of the molecule is CC/C=C\C/C=C\C/C=C\C/C=C\C/C=C\CCCCCCCC(=O)OC(COC(=O)CCCCCCCC)COC(=O)CCCCCCCCCCCCC/C=C\C/C=C\CCCCCCC. The van der Waals surface area contributed by atoms with Crippen LogP contribution in [0.15, 0.2) is 85.1 Å². The highest BCUT2D eigenvalue weighted by Crippen LogP contribution is 2.15. The van der Waals surface area contributed by atoms with Crippen molar-refractivity contribution in [2.45, 2.75) is 277 Å². The standard InChI is InChI=1S/C62H106O6/c1-4-7-10-13-16-18-20-22-24-26-28-30-31-33-34-36-38-40-42-44-46-49-52-55-61(64)67-58-59(57-66-60(63)54-51-48-15-12-9-6-3)68-62(65)56-53-50-47-45-43-41-39-37-35-32-29-27-25-23-21-19-17-14-11-8-5-2/h8,11,17,19-20,22-23,25-26,28-29,32,37,39,59H,4-7,9-10,12-16,18,21,24,27,30-31,33-36,38,40-58H2,1-3H3/b11-8-,19-17-,22-20-,25-23-,28-26-,32-29-,39-37-. The molecule has 0 rings (SSSR count). The summed E-state index contributed by atoms with van der Waals surface area (Å²) in [6.45, 7) is 6.45. The van der Waals surface area contributed by atoms with Gasteiger partial charge in [0.2, 0.25) is 0 Å². The van der Waals surface area contributed by atoms with Crippen LogP contribution >= 0.6 is 0 Å². The molecule has 0 saturated carbocycles. The summed E-state index contributed by atoms with van der Waals surface area (Å²) in [5.41, 5.74) is 0. The Kier molecular flexibility index (Phi) is 53.4. The highest BCUT2D eigenvalue weighted by Gasteiger charge is 2.19. The number of unbranched alkanes of at least 4 members (excludes halogenated alkanes) is 26. The minimum Gasteiger partial charge on any atom is -0.462 e. The van der Waals surface area contributed by atoms with Crippen LogP contribution in [0.3, 0.4) is 0 Å². The summed E-state index contributed by atoms with van der Waals surface area (Å²) in [4.78, 5) is 37.9. The van der Waals surface area contributed by atoms with E-state index in [1.54, 1.807) is 0 Å². The molecule has 0 spiro atoms. The number of rotatable bonds is 51.